The van der Waals surface area contributed by atoms with Gasteiger partial charge in [0.25, 0.3) is 0 Å². The molecule has 2 saturated carbocycles. The van der Waals surface area contributed by atoms with E-state index in [2.05, 4.69) is 416 Å². The molecule has 15 aromatic rings. The molecular formula is C110H107N3O. The Morgan fingerprint density at radius 1 is 0.237 bits per heavy atom. The molecule has 0 radical (unpaired) electrons. The van der Waals surface area contributed by atoms with Crippen LogP contribution in [-0.2, 0) is 37.6 Å². The highest BCUT2D eigenvalue weighted by atomic mass is 16.5. The Bertz CT molecular complexity index is 5840. The van der Waals surface area contributed by atoms with E-state index < -0.39 is 0 Å². The molecule has 0 N–H and O–H groups in total. The topological polar surface area (TPSA) is 19.0 Å². The zero-order chi connectivity index (χ0) is 77.1. The zero-order valence-corrected chi connectivity index (χ0v) is 66.9. The van der Waals surface area contributed by atoms with Gasteiger partial charge >= 0.3 is 0 Å². The van der Waals surface area contributed by atoms with Gasteiger partial charge in [-0.1, -0.05) is 312 Å². The molecule has 1 aliphatic heterocycles. The standard InChI is InChI=1S/C38H39NO.C36H33N.C35H31N.CH4/c1-5-37(6-2)34-25-23-28(27-35(34)38(7-3,8-4)40-37)31-24-26-36(33-22-16-15-21-32(31)33)39(29-17-11-9-12-18-29)30-19-13-10-14-20-30;1-35-21-23-36(2,24-22-35)33-25-26(17-19-32(33)35)29-18-20-34(31-16-10-9-15-30(29)31)37(27-11-5-3-6-12-27)28-13-7-4-8-14-28;1-34-21-22-35(2,24-34)32-23-25(17-19-31(32)34)28-18-20-33(30-16-10-9-15-29(28)30)36(26-11-5-3-6-12-26)27-13-7-4-8-14-27;/h9-27H,5-8H2,1-4H3;3-20,25H,21-24H2,1-2H3;3-20,23H,21-22,24H2,1-2H3;1H4. The number of nitrogens with zero attached hydrogens (tertiary/aromatic N) is 3. The van der Waals surface area contributed by atoms with Crippen molar-refractivity contribution in [3.63, 3.8) is 0 Å². The van der Waals surface area contributed by atoms with E-state index in [0.717, 1.165) is 59.8 Å². The van der Waals surface area contributed by atoms with Crippen molar-refractivity contribution in [1.82, 2.24) is 0 Å². The summed E-state index contributed by atoms with van der Waals surface area (Å²) >= 11 is 0. The number of anilines is 9. The molecule has 4 bridgehead atoms. The van der Waals surface area contributed by atoms with Crippen molar-refractivity contribution in [2.75, 3.05) is 14.7 Å². The van der Waals surface area contributed by atoms with Crippen LogP contribution in [0.3, 0.4) is 0 Å². The highest BCUT2D eigenvalue weighted by Gasteiger charge is 2.54. The predicted octanol–water partition coefficient (Wildman–Crippen LogP) is 31.4. The van der Waals surface area contributed by atoms with Crippen molar-refractivity contribution < 1.29 is 4.74 Å². The fourth-order valence-corrected chi connectivity index (χ4v) is 20.9. The predicted molar refractivity (Wildman–Crippen MR) is 486 cm³/mol. The Kier molecular flexibility index (Phi) is 20.0. The molecule has 2 fully saturated rings. The van der Waals surface area contributed by atoms with Gasteiger partial charge in [-0.2, -0.15) is 0 Å². The van der Waals surface area contributed by atoms with Crippen LogP contribution in [0.4, 0.5) is 51.2 Å². The van der Waals surface area contributed by atoms with Crippen LogP contribution >= 0.6 is 0 Å². The number of fused-ring (bicyclic) bond motifs is 11. The lowest BCUT2D eigenvalue weighted by Gasteiger charge is -2.52. The highest BCUT2D eigenvalue weighted by Crippen LogP contribution is 2.62. The second-order valence-electron chi connectivity index (χ2n) is 33.8. The molecule has 4 nitrogen and oxygen atoms in total. The summed E-state index contributed by atoms with van der Waals surface area (Å²) in [6.45, 7) is 19.0. The molecular weight excluding hydrogens is 1380 g/mol. The van der Waals surface area contributed by atoms with Gasteiger partial charge in [0, 0.05) is 50.3 Å². The summed E-state index contributed by atoms with van der Waals surface area (Å²) in [4.78, 5) is 7.11. The summed E-state index contributed by atoms with van der Waals surface area (Å²) in [6, 6.07) is 126. The Labute approximate surface area is 677 Å². The van der Waals surface area contributed by atoms with Crippen LogP contribution in [0.2, 0.25) is 0 Å². The maximum Gasteiger partial charge on any atom is 0.0942 e. The normalized spacial score (nSPS) is 19.5. The summed E-state index contributed by atoms with van der Waals surface area (Å²) < 4.78 is 7.02. The number of hydrogen-bond acceptors (Lipinski definition) is 4. The molecule has 0 spiro atoms. The lowest BCUT2D eigenvalue weighted by Crippen LogP contribution is -2.44. The minimum Gasteiger partial charge on any atom is -0.359 e. The zero-order valence-electron chi connectivity index (χ0n) is 66.9. The summed E-state index contributed by atoms with van der Waals surface area (Å²) in [6.07, 6.45) is 13.1. The van der Waals surface area contributed by atoms with Gasteiger partial charge in [-0.15, -0.1) is 0 Å². The minimum atomic E-state index is -0.232. The maximum absolute atomic E-state index is 7.02. The molecule has 0 aromatic heterocycles. The Morgan fingerprint density at radius 3 is 0.789 bits per heavy atom. The van der Waals surface area contributed by atoms with Gasteiger partial charge in [-0.05, 0) is 272 Å². The van der Waals surface area contributed by atoms with Crippen molar-refractivity contribution in [3.05, 3.63) is 379 Å². The van der Waals surface area contributed by atoms with Crippen molar-refractivity contribution >= 4 is 83.5 Å². The van der Waals surface area contributed by atoms with E-state index in [1.54, 1.807) is 22.3 Å². The van der Waals surface area contributed by atoms with E-state index in [0.29, 0.717) is 21.7 Å². The lowest BCUT2D eigenvalue weighted by atomic mass is 9.52. The molecule has 1 heterocycles. The third-order valence-corrected chi connectivity index (χ3v) is 27.2. The maximum atomic E-state index is 7.02. The van der Waals surface area contributed by atoms with Gasteiger partial charge in [0.1, 0.15) is 0 Å². The van der Waals surface area contributed by atoms with Gasteiger partial charge in [-0.25, -0.2) is 0 Å². The smallest absolute Gasteiger partial charge is 0.0942 e. The number of para-hydroxylation sites is 6. The summed E-state index contributed by atoms with van der Waals surface area (Å²) in [5, 5.41) is 7.62. The minimum absolute atomic E-state index is 0. The SMILES string of the molecule is C.CC12CCC(C)(C1)c1cc(-c3ccc(N(c4ccccc4)c4ccccc4)c4ccccc34)ccc12.CC12CCC(C)(CC1)c1cc(-c3ccc(N(c4ccccc4)c4ccccc4)c4ccccc34)ccc12.CCC1(CC)OC(CC)(CC)c2cc(-c3ccc(N(c4ccccc4)c4ccccc4)c4ccccc34)ccc21. The second-order valence-corrected chi connectivity index (χ2v) is 33.8. The first-order valence-corrected chi connectivity index (χ1v) is 41.6. The second kappa shape index (κ2) is 30.4. The van der Waals surface area contributed by atoms with Gasteiger partial charge < -0.3 is 19.4 Å². The third kappa shape index (κ3) is 13.0. The fourth-order valence-electron chi connectivity index (χ4n) is 20.9. The molecule has 2 unspecified atom stereocenters. The van der Waals surface area contributed by atoms with E-state index in [1.807, 2.05) is 0 Å². The monoisotopic (exact) mass is 1490 g/mol. The molecule has 114 heavy (non-hydrogen) atoms. The van der Waals surface area contributed by atoms with E-state index >= 15 is 0 Å². The molecule has 568 valence electrons. The molecule has 0 saturated heterocycles. The van der Waals surface area contributed by atoms with Crippen molar-refractivity contribution in [2.45, 2.75) is 166 Å². The van der Waals surface area contributed by atoms with E-state index in [-0.39, 0.29) is 18.6 Å². The summed E-state index contributed by atoms with van der Waals surface area (Å²) in [7, 11) is 0. The van der Waals surface area contributed by atoms with Gasteiger partial charge in [0.05, 0.1) is 28.3 Å². The quantitative estimate of drug-likeness (QED) is 0.0960. The number of hydrogen-bond donors (Lipinski definition) is 0. The Balaban J connectivity index is 0.000000123. The molecule has 4 heteroatoms. The van der Waals surface area contributed by atoms with Crippen LogP contribution in [0, 0.1) is 0 Å². The molecule has 6 aliphatic rings. The average molecular weight is 1490 g/mol. The van der Waals surface area contributed by atoms with Crippen molar-refractivity contribution in [2.24, 2.45) is 0 Å². The summed E-state index contributed by atoms with van der Waals surface area (Å²) in [5.74, 6) is 0. The Morgan fingerprint density at radius 2 is 0.474 bits per heavy atom. The highest BCUT2D eigenvalue weighted by molar-refractivity contribution is 6.09. The fraction of sp³-hybridized carbons (Fsp3) is 0.236. The third-order valence-electron chi connectivity index (χ3n) is 27.2. The number of ether oxygens (including phenoxy) is 1. The number of rotatable bonds is 16. The molecule has 5 aliphatic carbocycles. The molecule has 2 atom stereocenters. The molecule has 15 aromatic carbocycles. The average Bonchev–Trinajstić information content (AvgIpc) is 1.67. The Hall–Kier alpha value is -11.6. The first kappa shape index (κ1) is 75.1. The molecule has 21 rings (SSSR count). The summed E-state index contributed by atoms with van der Waals surface area (Å²) in [5.41, 5.74) is 28.4. The number of benzene rings is 15. The van der Waals surface area contributed by atoms with E-state index in [4.69, 9.17) is 4.74 Å². The van der Waals surface area contributed by atoms with Crippen LogP contribution in [-0.4, -0.2) is 0 Å². The first-order chi connectivity index (χ1) is 55.2. The first-order valence-electron chi connectivity index (χ1n) is 41.6. The van der Waals surface area contributed by atoms with Crippen LogP contribution in [0.5, 0.6) is 0 Å². The van der Waals surface area contributed by atoms with Gasteiger partial charge in [0.15, 0.2) is 0 Å². The van der Waals surface area contributed by atoms with Gasteiger partial charge in [-0.3, -0.25) is 0 Å². The molecule has 0 amide bonds. The lowest BCUT2D eigenvalue weighted by molar-refractivity contribution is -0.151. The van der Waals surface area contributed by atoms with E-state index in [1.165, 1.54) is 139 Å². The van der Waals surface area contributed by atoms with Crippen LogP contribution < -0.4 is 14.7 Å². The van der Waals surface area contributed by atoms with E-state index in [9.17, 15) is 0 Å². The van der Waals surface area contributed by atoms with Crippen molar-refractivity contribution in [1.29, 1.82) is 0 Å². The van der Waals surface area contributed by atoms with Crippen LogP contribution in [0.1, 0.15) is 167 Å². The largest absolute Gasteiger partial charge is 0.359 e. The van der Waals surface area contributed by atoms with Gasteiger partial charge in [0.2, 0.25) is 0 Å². The van der Waals surface area contributed by atoms with Crippen LogP contribution in [0.15, 0.2) is 346 Å². The van der Waals surface area contributed by atoms with Crippen molar-refractivity contribution in [3.8, 4) is 33.4 Å². The van der Waals surface area contributed by atoms with Crippen LogP contribution in [0.25, 0.3) is 65.7 Å².